The fraction of sp³-hybridized carbons (Fsp3) is 0.467. The Bertz CT molecular complexity index is 571. The molecule has 0 N–H and O–H groups in total. The number of piperidine rings is 1. The van der Waals surface area contributed by atoms with Gasteiger partial charge in [-0.25, -0.2) is 8.78 Å². The fourth-order valence-electron chi connectivity index (χ4n) is 3.10. The van der Waals surface area contributed by atoms with Crippen molar-refractivity contribution in [3.63, 3.8) is 0 Å². The van der Waals surface area contributed by atoms with Crippen molar-refractivity contribution >= 4 is 17.5 Å². The number of carbonyl (C=O) groups excluding carboxylic acids is 2. The van der Waals surface area contributed by atoms with Gasteiger partial charge in [0.05, 0.1) is 0 Å². The lowest BCUT2D eigenvalue weighted by Gasteiger charge is -2.34. The maximum Gasteiger partial charge on any atom is 0.249 e. The summed E-state index contributed by atoms with van der Waals surface area (Å²) in [5.74, 6) is -2.06. The molecule has 0 saturated carbocycles. The second kappa shape index (κ2) is 5.42. The van der Waals surface area contributed by atoms with E-state index in [1.165, 1.54) is 6.07 Å². The van der Waals surface area contributed by atoms with Crippen LogP contribution in [0.2, 0.25) is 0 Å². The Morgan fingerprint density at radius 3 is 2.48 bits per heavy atom. The molecular formula is C15H16F2N2O2. The lowest BCUT2D eigenvalue weighted by molar-refractivity contribution is -0.139. The van der Waals surface area contributed by atoms with Gasteiger partial charge in [0.25, 0.3) is 0 Å². The summed E-state index contributed by atoms with van der Waals surface area (Å²) >= 11 is 0. The number of anilines is 1. The van der Waals surface area contributed by atoms with Crippen LogP contribution in [0.25, 0.3) is 0 Å². The van der Waals surface area contributed by atoms with Gasteiger partial charge < -0.3 is 9.80 Å². The summed E-state index contributed by atoms with van der Waals surface area (Å²) in [6.45, 7) is 0.561. The topological polar surface area (TPSA) is 40.6 Å². The van der Waals surface area contributed by atoms with Gasteiger partial charge in [-0.2, -0.15) is 0 Å². The smallest absolute Gasteiger partial charge is 0.249 e. The van der Waals surface area contributed by atoms with Crippen molar-refractivity contribution in [1.29, 1.82) is 0 Å². The van der Waals surface area contributed by atoms with Crippen molar-refractivity contribution in [2.45, 2.75) is 31.7 Å². The van der Waals surface area contributed by atoms with Crippen LogP contribution in [-0.2, 0) is 9.59 Å². The van der Waals surface area contributed by atoms with Crippen LogP contribution in [0, 0.1) is 11.6 Å². The third kappa shape index (κ3) is 2.39. The van der Waals surface area contributed by atoms with Crippen LogP contribution in [0.4, 0.5) is 14.5 Å². The van der Waals surface area contributed by atoms with Gasteiger partial charge in [-0.15, -0.1) is 0 Å². The molecule has 6 heteroatoms. The Balaban J connectivity index is 2.00. The highest BCUT2D eigenvalue weighted by Crippen LogP contribution is 2.29. The van der Waals surface area contributed by atoms with Crippen LogP contribution in [0.1, 0.15) is 25.7 Å². The van der Waals surface area contributed by atoms with E-state index in [1.807, 2.05) is 0 Å². The van der Waals surface area contributed by atoms with E-state index >= 15 is 0 Å². The van der Waals surface area contributed by atoms with Gasteiger partial charge in [0.15, 0.2) is 0 Å². The molecule has 21 heavy (non-hydrogen) atoms. The first-order chi connectivity index (χ1) is 10.1. The third-order valence-corrected chi connectivity index (χ3v) is 4.13. The summed E-state index contributed by atoms with van der Waals surface area (Å²) < 4.78 is 27.9. The Labute approximate surface area is 121 Å². The molecule has 0 aromatic heterocycles. The van der Waals surface area contributed by atoms with E-state index in [1.54, 1.807) is 4.90 Å². The minimum Gasteiger partial charge on any atom is -0.331 e. The van der Waals surface area contributed by atoms with Crippen LogP contribution in [0.5, 0.6) is 0 Å². The Hall–Kier alpha value is -1.98. The number of hydrogen-bond donors (Lipinski definition) is 0. The summed E-state index contributed by atoms with van der Waals surface area (Å²) in [7, 11) is 0. The number of para-hydroxylation sites is 1. The zero-order valence-electron chi connectivity index (χ0n) is 11.5. The van der Waals surface area contributed by atoms with Gasteiger partial charge in [-0.1, -0.05) is 6.07 Å². The van der Waals surface area contributed by atoms with Gasteiger partial charge in [-0.3, -0.25) is 9.59 Å². The highest BCUT2D eigenvalue weighted by Gasteiger charge is 2.39. The molecule has 1 atom stereocenters. The summed E-state index contributed by atoms with van der Waals surface area (Å²) in [5.41, 5.74) is -0.345. The molecule has 112 valence electrons. The van der Waals surface area contributed by atoms with Gasteiger partial charge in [0.2, 0.25) is 11.8 Å². The molecule has 0 radical (unpaired) electrons. The van der Waals surface area contributed by atoms with E-state index in [2.05, 4.69) is 0 Å². The van der Waals surface area contributed by atoms with Crippen molar-refractivity contribution in [1.82, 2.24) is 4.90 Å². The Morgan fingerprint density at radius 1 is 1.05 bits per heavy atom. The lowest BCUT2D eigenvalue weighted by Crippen LogP contribution is -2.50. The number of halogens is 2. The molecule has 1 unspecified atom stereocenters. The number of carbonyl (C=O) groups is 2. The SMILES string of the molecule is O=C1C2CCCCN2C(=O)CCN1c1c(F)cccc1F. The van der Waals surface area contributed by atoms with Crippen LogP contribution < -0.4 is 4.90 Å². The van der Waals surface area contributed by atoms with Gasteiger partial charge >= 0.3 is 0 Å². The van der Waals surface area contributed by atoms with Crippen molar-refractivity contribution < 1.29 is 18.4 Å². The molecule has 4 nitrogen and oxygen atoms in total. The predicted octanol–water partition coefficient (Wildman–Crippen LogP) is 2.08. The number of nitrogens with zero attached hydrogens (tertiary/aromatic N) is 2. The van der Waals surface area contributed by atoms with Crippen molar-refractivity contribution in [2.75, 3.05) is 18.0 Å². The summed E-state index contributed by atoms with van der Waals surface area (Å²) in [6, 6.07) is 2.91. The van der Waals surface area contributed by atoms with Gasteiger partial charge in [0.1, 0.15) is 23.4 Å². The van der Waals surface area contributed by atoms with Crippen LogP contribution >= 0.6 is 0 Å². The summed E-state index contributed by atoms with van der Waals surface area (Å²) in [5, 5.41) is 0. The molecule has 1 aromatic carbocycles. The molecule has 0 bridgehead atoms. The highest BCUT2D eigenvalue weighted by molar-refractivity contribution is 6.01. The first-order valence-corrected chi connectivity index (χ1v) is 7.14. The molecule has 2 heterocycles. The molecule has 2 aliphatic heterocycles. The first kappa shape index (κ1) is 14.0. The molecule has 0 aliphatic carbocycles. The molecule has 3 rings (SSSR count). The first-order valence-electron chi connectivity index (χ1n) is 7.14. The minimum absolute atomic E-state index is 0.0164. The third-order valence-electron chi connectivity index (χ3n) is 4.13. The average Bonchev–Trinajstić information content (AvgIpc) is 2.60. The zero-order chi connectivity index (χ0) is 15.0. The maximum absolute atomic E-state index is 13.9. The molecule has 2 fully saturated rings. The van der Waals surface area contributed by atoms with E-state index < -0.39 is 17.7 Å². The normalized spacial score (nSPS) is 23.0. The van der Waals surface area contributed by atoms with E-state index in [4.69, 9.17) is 0 Å². The largest absolute Gasteiger partial charge is 0.331 e. The lowest BCUT2D eigenvalue weighted by atomic mass is 10.0. The molecule has 2 amide bonds. The summed E-state index contributed by atoms with van der Waals surface area (Å²) in [4.78, 5) is 27.4. The van der Waals surface area contributed by atoms with Crippen LogP contribution in [-0.4, -0.2) is 35.8 Å². The van der Waals surface area contributed by atoms with Gasteiger partial charge in [0, 0.05) is 19.5 Å². The van der Waals surface area contributed by atoms with E-state index in [-0.39, 0.29) is 30.5 Å². The van der Waals surface area contributed by atoms with Crippen LogP contribution in [0.3, 0.4) is 0 Å². The molecule has 2 saturated heterocycles. The number of amides is 2. The fourth-order valence-corrected chi connectivity index (χ4v) is 3.10. The predicted molar refractivity (Wildman–Crippen MR) is 72.7 cm³/mol. The maximum atomic E-state index is 13.9. The molecule has 1 aromatic rings. The number of benzene rings is 1. The van der Waals surface area contributed by atoms with E-state index in [0.717, 1.165) is 29.9 Å². The Kier molecular flexibility index (Phi) is 3.61. The monoisotopic (exact) mass is 294 g/mol. The standard InChI is InChI=1S/C15H16F2N2O2/c16-10-4-3-5-11(17)14(10)19-9-7-13(20)18-8-2-1-6-12(18)15(19)21/h3-5,12H,1-2,6-9H2. The van der Waals surface area contributed by atoms with E-state index in [9.17, 15) is 18.4 Å². The second-order valence-corrected chi connectivity index (χ2v) is 5.41. The molecule has 2 aliphatic rings. The second-order valence-electron chi connectivity index (χ2n) is 5.41. The number of fused-ring (bicyclic) bond motifs is 1. The van der Waals surface area contributed by atoms with Crippen molar-refractivity contribution in [2.24, 2.45) is 0 Å². The molecular weight excluding hydrogens is 278 g/mol. The average molecular weight is 294 g/mol. The number of hydrogen-bond acceptors (Lipinski definition) is 2. The van der Waals surface area contributed by atoms with Crippen molar-refractivity contribution in [3.05, 3.63) is 29.8 Å². The van der Waals surface area contributed by atoms with Gasteiger partial charge in [-0.05, 0) is 31.4 Å². The van der Waals surface area contributed by atoms with Crippen LogP contribution in [0.15, 0.2) is 18.2 Å². The minimum atomic E-state index is -0.778. The molecule has 0 spiro atoms. The van der Waals surface area contributed by atoms with Crippen molar-refractivity contribution in [3.8, 4) is 0 Å². The quantitative estimate of drug-likeness (QED) is 0.795. The highest BCUT2D eigenvalue weighted by atomic mass is 19.1. The number of rotatable bonds is 1. The Morgan fingerprint density at radius 2 is 1.76 bits per heavy atom. The zero-order valence-corrected chi connectivity index (χ0v) is 11.5. The van der Waals surface area contributed by atoms with E-state index in [0.29, 0.717) is 13.0 Å². The summed E-state index contributed by atoms with van der Waals surface area (Å²) in [6.07, 6.45) is 2.35.